The third-order valence-electron chi connectivity index (χ3n) is 6.02. The summed E-state index contributed by atoms with van der Waals surface area (Å²) < 4.78 is 13.6. The molecule has 2 atom stereocenters. The molecule has 7 heteroatoms. The first-order chi connectivity index (χ1) is 16.8. The highest BCUT2D eigenvalue weighted by Crippen LogP contribution is 2.31. The van der Waals surface area contributed by atoms with E-state index in [2.05, 4.69) is 11.9 Å². The Labute approximate surface area is 208 Å². The van der Waals surface area contributed by atoms with Gasteiger partial charge in [-0.2, -0.15) is 0 Å². The predicted molar refractivity (Wildman–Crippen MR) is 138 cm³/mol. The van der Waals surface area contributed by atoms with E-state index in [1.54, 1.807) is 18.4 Å². The summed E-state index contributed by atoms with van der Waals surface area (Å²) in [6.07, 6.45) is 2.78. The average molecular weight is 491 g/mol. The Morgan fingerprint density at radius 3 is 2.54 bits per heavy atom. The van der Waals surface area contributed by atoms with Gasteiger partial charge in [0.1, 0.15) is 5.75 Å². The molecule has 6 nitrogen and oxygen atoms in total. The molecule has 35 heavy (non-hydrogen) atoms. The standard InChI is InChI=1S/C28H30N2O4S/c1-6-18(4)34-22-11-9-8-10-21(22)16-23-26(31)30-25(20-14-12-17(3)13-15-20)24(27(32)33-7-2)19(5)29-28(30)35-23/h8-16,18,25H,6-7H2,1-5H3/b23-16-/t18-,25-/m1/s1. The summed E-state index contributed by atoms with van der Waals surface area (Å²) in [5.41, 5.74) is 3.49. The van der Waals surface area contributed by atoms with Crippen LogP contribution in [0.1, 0.15) is 56.8 Å². The van der Waals surface area contributed by atoms with E-state index in [0.717, 1.165) is 28.9 Å². The van der Waals surface area contributed by atoms with Crippen molar-refractivity contribution in [3.05, 3.63) is 96.2 Å². The van der Waals surface area contributed by atoms with E-state index in [1.165, 1.54) is 11.3 Å². The second-order valence-corrected chi connectivity index (χ2v) is 9.60. The molecule has 3 aromatic rings. The molecule has 1 aliphatic rings. The maximum atomic E-state index is 13.8. The Hall–Kier alpha value is -3.45. The Bertz CT molecular complexity index is 1450. The van der Waals surface area contributed by atoms with Crippen molar-refractivity contribution in [1.29, 1.82) is 0 Å². The SMILES string of the molecule is CCOC(=O)C1=C(C)N=c2s/c(=C\c3ccccc3O[C@H](C)CC)c(=O)n2[C@@H]1c1ccc(C)cc1. The van der Waals surface area contributed by atoms with Gasteiger partial charge in [-0.05, 0) is 51.8 Å². The third kappa shape index (κ3) is 5.00. The zero-order valence-corrected chi connectivity index (χ0v) is 21.5. The summed E-state index contributed by atoms with van der Waals surface area (Å²) in [6.45, 7) is 9.89. The molecule has 4 rings (SSSR count). The number of ether oxygens (including phenoxy) is 2. The molecule has 0 N–H and O–H groups in total. The monoisotopic (exact) mass is 490 g/mol. The number of aromatic nitrogens is 1. The van der Waals surface area contributed by atoms with Crippen LogP contribution in [0.3, 0.4) is 0 Å². The minimum Gasteiger partial charge on any atom is -0.490 e. The average Bonchev–Trinajstić information content (AvgIpc) is 3.14. The molecule has 2 aromatic carbocycles. The lowest BCUT2D eigenvalue weighted by atomic mass is 9.95. The van der Waals surface area contributed by atoms with Crippen LogP contribution in [0.25, 0.3) is 6.08 Å². The lowest BCUT2D eigenvalue weighted by molar-refractivity contribution is -0.139. The predicted octanol–water partition coefficient (Wildman–Crippen LogP) is 4.28. The van der Waals surface area contributed by atoms with E-state index < -0.39 is 12.0 Å². The van der Waals surface area contributed by atoms with Crippen LogP contribution in [0, 0.1) is 6.92 Å². The van der Waals surface area contributed by atoms with E-state index in [-0.39, 0.29) is 18.3 Å². The van der Waals surface area contributed by atoms with Crippen LogP contribution < -0.4 is 19.6 Å². The van der Waals surface area contributed by atoms with Crippen LogP contribution in [-0.2, 0) is 9.53 Å². The van der Waals surface area contributed by atoms with Crippen LogP contribution in [0.4, 0.5) is 0 Å². The molecule has 0 bridgehead atoms. The highest BCUT2D eigenvalue weighted by molar-refractivity contribution is 7.07. The molecule has 1 aromatic heterocycles. The molecule has 0 fully saturated rings. The zero-order valence-electron chi connectivity index (χ0n) is 20.7. The number of hydrogen-bond donors (Lipinski definition) is 0. The maximum absolute atomic E-state index is 13.8. The maximum Gasteiger partial charge on any atom is 0.338 e. The van der Waals surface area contributed by atoms with Gasteiger partial charge >= 0.3 is 5.97 Å². The van der Waals surface area contributed by atoms with Gasteiger partial charge in [0.05, 0.1) is 34.6 Å². The first kappa shape index (κ1) is 24.7. The largest absolute Gasteiger partial charge is 0.490 e. The molecule has 0 saturated carbocycles. The number of carbonyl (C=O) groups is 1. The van der Waals surface area contributed by atoms with E-state index in [4.69, 9.17) is 9.47 Å². The zero-order chi connectivity index (χ0) is 25.1. The van der Waals surface area contributed by atoms with E-state index >= 15 is 0 Å². The van der Waals surface area contributed by atoms with Gasteiger partial charge in [-0.15, -0.1) is 0 Å². The second kappa shape index (κ2) is 10.4. The normalized spacial score (nSPS) is 16.5. The molecule has 0 aliphatic carbocycles. The van der Waals surface area contributed by atoms with Crippen molar-refractivity contribution in [2.24, 2.45) is 4.99 Å². The summed E-state index contributed by atoms with van der Waals surface area (Å²) in [5, 5.41) is 0. The minimum atomic E-state index is -0.611. The smallest absolute Gasteiger partial charge is 0.338 e. The summed E-state index contributed by atoms with van der Waals surface area (Å²) >= 11 is 1.31. The fraction of sp³-hybridized carbons (Fsp3) is 0.321. The molecule has 0 saturated heterocycles. The number of benzene rings is 2. The molecule has 0 amide bonds. The fourth-order valence-corrected chi connectivity index (χ4v) is 5.04. The number of esters is 1. The van der Waals surface area contributed by atoms with Crippen molar-refractivity contribution < 1.29 is 14.3 Å². The molecule has 0 spiro atoms. The Morgan fingerprint density at radius 2 is 1.86 bits per heavy atom. The summed E-state index contributed by atoms with van der Waals surface area (Å²) in [7, 11) is 0. The van der Waals surface area contributed by atoms with Crippen molar-refractivity contribution in [2.75, 3.05) is 6.61 Å². The van der Waals surface area contributed by atoms with Gasteiger partial charge in [0.15, 0.2) is 4.80 Å². The molecule has 182 valence electrons. The Morgan fingerprint density at radius 1 is 1.14 bits per heavy atom. The van der Waals surface area contributed by atoms with Crippen LogP contribution >= 0.6 is 11.3 Å². The highest BCUT2D eigenvalue weighted by Gasteiger charge is 2.33. The fourth-order valence-electron chi connectivity index (χ4n) is 4.00. The lowest BCUT2D eigenvalue weighted by Crippen LogP contribution is -2.39. The van der Waals surface area contributed by atoms with Crippen molar-refractivity contribution in [1.82, 2.24) is 4.57 Å². The van der Waals surface area contributed by atoms with Gasteiger partial charge in [0.2, 0.25) is 0 Å². The highest BCUT2D eigenvalue weighted by atomic mass is 32.1. The molecule has 0 unspecified atom stereocenters. The summed E-state index contributed by atoms with van der Waals surface area (Å²) in [6, 6.07) is 14.9. The first-order valence-electron chi connectivity index (χ1n) is 11.9. The topological polar surface area (TPSA) is 69.9 Å². The van der Waals surface area contributed by atoms with Crippen molar-refractivity contribution >= 4 is 23.4 Å². The summed E-state index contributed by atoms with van der Waals surface area (Å²) in [5.74, 6) is 0.270. The van der Waals surface area contributed by atoms with Crippen LogP contribution in [0.15, 0.2) is 69.6 Å². The number of rotatable bonds is 7. The lowest BCUT2D eigenvalue weighted by Gasteiger charge is -2.24. The number of fused-ring (bicyclic) bond motifs is 1. The number of aryl methyl sites for hydroxylation is 1. The Kier molecular flexibility index (Phi) is 7.36. The van der Waals surface area contributed by atoms with Crippen molar-refractivity contribution in [2.45, 2.75) is 53.2 Å². The van der Waals surface area contributed by atoms with Gasteiger partial charge in [-0.1, -0.05) is 66.3 Å². The van der Waals surface area contributed by atoms with Crippen LogP contribution in [0.2, 0.25) is 0 Å². The third-order valence-corrected chi connectivity index (χ3v) is 7.00. The second-order valence-electron chi connectivity index (χ2n) is 8.59. The van der Waals surface area contributed by atoms with Gasteiger partial charge < -0.3 is 9.47 Å². The van der Waals surface area contributed by atoms with E-state index in [0.29, 0.717) is 20.6 Å². The number of hydrogen-bond acceptors (Lipinski definition) is 6. The van der Waals surface area contributed by atoms with Crippen LogP contribution in [0.5, 0.6) is 5.75 Å². The first-order valence-corrected chi connectivity index (χ1v) is 12.7. The van der Waals surface area contributed by atoms with Crippen molar-refractivity contribution in [3.8, 4) is 5.75 Å². The molecule has 2 heterocycles. The van der Waals surface area contributed by atoms with E-state index in [1.807, 2.05) is 68.5 Å². The van der Waals surface area contributed by atoms with Crippen molar-refractivity contribution in [3.63, 3.8) is 0 Å². The minimum absolute atomic E-state index is 0.0575. The van der Waals surface area contributed by atoms with Gasteiger partial charge in [-0.3, -0.25) is 9.36 Å². The molecular weight excluding hydrogens is 460 g/mol. The number of para-hydroxylation sites is 1. The van der Waals surface area contributed by atoms with Gasteiger partial charge in [0, 0.05) is 5.56 Å². The van der Waals surface area contributed by atoms with Gasteiger partial charge in [0.25, 0.3) is 5.56 Å². The Balaban J connectivity index is 1.91. The summed E-state index contributed by atoms with van der Waals surface area (Å²) in [4.78, 5) is 31.9. The number of nitrogens with zero attached hydrogens (tertiary/aromatic N) is 2. The molecule has 0 radical (unpaired) electrons. The van der Waals surface area contributed by atoms with Crippen LogP contribution in [-0.4, -0.2) is 23.2 Å². The number of thiazole rings is 1. The van der Waals surface area contributed by atoms with Gasteiger partial charge in [-0.25, -0.2) is 9.79 Å². The molecule has 1 aliphatic heterocycles. The number of carbonyl (C=O) groups excluding carboxylic acids is 1. The number of allylic oxidation sites excluding steroid dienone is 1. The quantitative estimate of drug-likeness (QED) is 0.464. The van der Waals surface area contributed by atoms with E-state index in [9.17, 15) is 9.59 Å². The molecular formula is C28H30N2O4S.